The molecule has 0 aromatic rings. The highest BCUT2D eigenvalue weighted by molar-refractivity contribution is 7.89. The van der Waals surface area contributed by atoms with E-state index < -0.39 is 10.0 Å². The van der Waals surface area contributed by atoms with E-state index in [0.29, 0.717) is 19.5 Å². The Morgan fingerprint density at radius 2 is 1.94 bits per heavy atom. The Morgan fingerprint density at radius 3 is 2.47 bits per heavy atom. The van der Waals surface area contributed by atoms with E-state index in [0.717, 1.165) is 13.1 Å². The molecule has 0 aromatic heterocycles. The first kappa shape index (κ1) is 14.9. The lowest BCUT2D eigenvalue weighted by molar-refractivity contribution is 0.0801. The van der Waals surface area contributed by atoms with Gasteiger partial charge in [0.25, 0.3) is 0 Å². The summed E-state index contributed by atoms with van der Waals surface area (Å²) in [6.45, 7) is 6.92. The summed E-state index contributed by atoms with van der Waals surface area (Å²) in [6.07, 6.45) is 0.672. The molecule has 1 aliphatic rings. The lowest BCUT2D eigenvalue weighted by atomic mass is 10.0. The summed E-state index contributed by atoms with van der Waals surface area (Å²) in [5.74, 6) is 0.244. The highest BCUT2D eigenvalue weighted by atomic mass is 32.2. The van der Waals surface area contributed by atoms with Gasteiger partial charge >= 0.3 is 0 Å². The first-order valence-corrected chi connectivity index (χ1v) is 7.74. The van der Waals surface area contributed by atoms with Crippen LogP contribution in [0.2, 0.25) is 0 Å². The van der Waals surface area contributed by atoms with Gasteiger partial charge in [0.15, 0.2) is 0 Å². The molecule has 0 saturated carbocycles. The summed E-state index contributed by atoms with van der Waals surface area (Å²) in [6, 6.07) is 0. The van der Waals surface area contributed by atoms with Gasteiger partial charge in [0.05, 0.1) is 5.75 Å². The molecule has 0 bridgehead atoms. The molecule has 102 valence electrons. The molecule has 17 heavy (non-hydrogen) atoms. The van der Waals surface area contributed by atoms with Crippen molar-refractivity contribution in [3.05, 3.63) is 0 Å². The molecule has 1 N–H and O–H groups in total. The van der Waals surface area contributed by atoms with Crippen molar-refractivity contribution < 1.29 is 8.42 Å². The summed E-state index contributed by atoms with van der Waals surface area (Å²) >= 11 is 0. The Labute approximate surface area is 105 Å². The van der Waals surface area contributed by atoms with E-state index in [1.165, 1.54) is 0 Å². The second kappa shape index (κ2) is 5.65. The summed E-state index contributed by atoms with van der Waals surface area (Å²) in [5, 5.41) is 2.98. The normalized spacial score (nSPS) is 22.8. The van der Waals surface area contributed by atoms with Gasteiger partial charge in [-0.3, -0.25) is 4.90 Å². The van der Waals surface area contributed by atoms with Crippen molar-refractivity contribution in [3.8, 4) is 0 Å². The molecule has 1 fully saturated rings. The zero-order chi connectivity index (χ0) is 13.1. The largest absolute Gasteiger partial charge is 0.320 e. The Morgan fingerprint density at radius 1 is 1.29 bits per heavy atom. The second-order valence-electron chi connectivity index (χ2n) is 5.34. The van der Waals surface area contributed by atoms with Crippen LogP contribution in [0, 0.1) is 0 Å². The summed E-state index contributed by atoms with van der Waals surface area (Å²) in [7, 11) is 0.802. The Balaban J connectivity index is 2.61. The van der Waals surface area contributed by atoms with Crippen LogP contribution in [0.15, 0.2) is 0 Å². The van der Waals surface area contributed by atoms with E-state index in [9.17, 15) is 8.42 Å². The highest BCUT2D eigenvalue weighted by Gasteiger charge is 2.35. The van der Waals surface area contributed by atoms with E-state index in [4.69, 9.17) is 0 Å². The van der Waals surface area contributed by atoms with Crippen molar-refractivity contribution >= 4 is 10.0 Å². The number of hydrogen-bond donors (Lipinski definition) is 1. The first-order chi connectivity index (χ1) is 7.79. The van der Waals surface area contributed by atoms with Crippen LogP contribution < -0.4 is 5.32 Å². The number of rotatable bonds is 5. The van der Waals surface area contributed by atoms with Gasteiger partial charge in [-0.15, -0.1) is 0 Å². The zero-order valence-corrected chi connectivity index (χ0v) is 12.2. The fourth-order valence-electron chi connectivity index (χ4n) is 1.99. The van der Waals surface area contributed by atoms with Gasteiger partial charge in [-0.25, -0.2) is 8.42 Å². The van der Waals surface area contributed by atoms with E-state index in [-0.39, 0.29) is 11.3 Å². The summed E-state index contributed by atoms with van der Waals surface area (Å²) in [5.41, 5.74) is -0.0751. The number of hydrogen-bond acceptors (Lipinski definition) is 4. The van der Waals surface area contributed by atoms with Gasteiger partial charge in [0.2, 0.25) is 10.0 Å². The summed E-state index contributed by atoms with van der Waals surface area (Å²) < 4.78 is 25.9. The zero-order valence-electron chi connectivity index (χ0n) is 11.4. The maximum absolute atomic E-state index is 12.1. The average molecular weight is 263 g/mol. The molecule has 0 radical (unpaired) electrons. The number of nitrogens with one attached hydrogen (secondary N) is 1. The number of nitrogens with zero attached hydrogens (tertiary/aromatic N) is 2. The molecule has 1 saturated heterocycles. The monoisotopic (exact) mass is 263 g/mol. The Hall–Kier alpha value is -0.170. The third-order valence-corrected chi connectivity index (χ3v) is 5.41. The number of likely N-dealkylation sites (N-methyl/N-ethyl adjacent to an activating group) is 1. The van der Waals surface area contributed by atoms with Crippen LogP contribution in [0.25, 0.3) is 0 Å². The van der Waals surface area contributed by atoms with Crippen LogP contribution in [0.5, 0.6) is 0 Å². The molecule has 5 nitrogen and oxygen atoms in total. The minimum Gasteiger partial charge on any atom is -0.320 e. The first-order valence-electron chi connectivity index (χ1n) is 6.13. The van der Waals surface area contributed by atoms with Crippen LogP contribution >= 0.6 is 0 Å². The maximum atomic E-state index is 12.1. The molecule has 0 aliphatic carbocycles. The molecular formula is C11H25N3O2S. The molecule has 1 aliphatic heterocycles. The van der Waals surface area contributed by atoms with Crippen molar-refractivity contribution in [2.45, 2.75) is 25.8 Å². The Kier molecular flexibility index (Phi) is 4.95. The third-order valence-electron chi connectivity index (χ3n) is 3.50. The second-order valence-corrected chi connectivity index (χ2v) is 7.43. The average Bonchev–Trinajstić information content (AvgIpc) is 2.22. The van der Waals surface area contributed by atoms with E-state index in [1.54, 1.807) is 4.31 Å². The molecule has 6 heteroatoms. The quantitative estimate of drug-likeness (QED) is 0.707. The Bertz CT molecular complexity index is 341. The van der Waals surface area contributed by atoms with E-state index in [2.05, 4.69) is 24.1 Å². The van der Waals surface area contributed by atoms with Gasteiger partial charge in [-0.2, -0.15) is 4.31 Å². The van der Waals surface area contributed by atoms with E-state index >= 15 is 0 Å². The SMILES string of the molecule is CNCCCS(=O)(=O)N1CCN(C)C(C)(C)C1. The van der Waals surface area contributed by atoms with Crippen LogP contribution in [0.1, 0.15) is 20.3 Å². The molecular weight excluding hydrogens is 238 g/mol. The van der Waals surface area contributed by atoms with Crippen molar-refractivity contribution in [2.75, 3.05) is 46.0 Å². The van der Waals surface area contributed by atoms with Crippen molar-refractivity contribution in [1.82, 2.24) is 14.5 Å². The molecule has 1 rings (SSSR count). The lowest BCUT2D eigenvalue weighted by Gasteiger charge is -2.44. The molecule has 0 amide bonds. The van der Waals surface area contributed by atoms with Crippen molar-refractivity contribution in [3.63, 3.8) is 0 Å². The predicted octanol–water partition coefficient (Wildman–Crippen LogP) is -0.0483. The van der Waals surface area contributed by atoms with Gasteiger partial charge in [-0.05, 0) is 40.9 Å². The lowest BCUT2D eigenvalue weighted by Crippen LogP contribution is -2.59. The minimum absolute atomic E-state index is 0.0751. The van der Waals surface area contributed by atoms with Gasteiger partial charge in [0.1, 0.15) is 0 Å². The van der Waals surface area contributed by atoms with Crippen LogP contribution in [0.3, 0.4) is 0 Å². The predicted molar refractivity (Wildman–Crippen MR) is 70.6 cm³/mol. The minimum atomic E-state index is -3.08. The number of sulfonamides is 1. The van der Waals surface area contributed by atoms with Gasteiger partial charge in [0, 0.05) is 25.2 Å². The third kappa shape index (κ3) is 3.91. The fourth-order valence-corrected chi connectivity index (χ4v) is 3.63. The van der Waals surface area contributed by atoms with Gasteiger partial charge < -0.3 is 5.32 Å². The summed E-state index contributed by atoms with van der Waals surface area (Å²) in [4.78, 5) is 2.21. The van der Waals surface area contributed by atoms with Gasteiger partial charge in [-0.1, -0.05) is 0 Å². The van der Waals surface area contributed by atoms with Crippen LogP contribution in [-0.4, -0.2) is 69.2 Å². The molecule has 0 spiro atoms. The molecule has 1 heterocycles. The topological polar surface area (TPSA) is 52.7 Å². The fraction of sp³-hybridized carbons (Fsp3) is 1.00. The standard InChI is InChI=1S/C11H25N3O2S/c1-11(2)10-14(8-7-13(11)4)17(15,16)9-5-6-12-3/h12H,5-10H2,1-4H3. The maximum Gasteiger partial charge on any atom is 0.214 e. The smallest absolute Gasteiger partial charge is 0.214 e. The van der Waals surface area contributed by atoms with Crippen LogP contribution in [-0.2, 0) is 10.0 Å². The van der Waals surface area contributed by atoms with Crippen molar-refractivity contribution in [2.24, 2.45) is 0 Å². The highest BCUT2D eigenvalue weighted by Crippen LogP contribution is 2.21. The molecule has 0 unspecified atom stereocenters. The van der Waals surface area contributed by atoms with Crippen molar-refractivity contribution in [1.29, 1.82) is 0 Å². The van der Waals surface area contributed by atoms with E-state index in [1.807, 2.05) is 14.1 Å². The number of piperazine rings is 1. The molecule has 0 aromatic carbocycles. The molecule has 0 atom stereocenters. The van der Waals surface area contributed by atoms with Crippen LogP contribution in [0.4, 0.5) is 0 Å².